The first-order chi connectivity index (χ1) is 6.36. The fourth-order valence-corrected chi connectivity index (χ4v) is 1.92. The van der Waals surface area contributed by atoms with Crippen LogP contribution in [0.1, 0.15) is 37.9 Å². The van der Waals surface area contributed by atoms with Gasteiger partial charge in [-0.15, -0.1) is 0 Å². The summed E-state index contributed by atoms with van der Waals surface area (Å²) in [5.41, 5.74) is 1.33. The molecule has 0 N–H and O–H groups in total. The largest absolute Gasteiger partial charge is 0.371 e. The molecule has 13 heavy (non-hydrogen) atoms. The zero-order chi connectivity index (χ0) is 9.10. The van der Waals surface area contributed by atoms with Crippen LogP contribution in [0.5, 0.6) is 0 Å². The number of hydrogen-bond acceptors (Lipinski definition) is 1. The molecule has 2 rings (SSSR count). The summed E-state index contributed by atoms with van der Waals surface area (Å²) in [5, 5.41) is 0. The predicted octanol–water partition coefficient (Wildman–Crippen LogP) is 3.32. The SMILES string of the molecule is CC1CCCC(c2ccccc2)O1. The Hall–Kier alpha value is -0.820. The van der Waals surface area contributed by atoms with Crippen molar-refractivity contribution in [3.63, 3.8) is 0 Å². The van der Waals surface area contributed by atoms with Crippen molar-refractivity contribution >= 4 is 0 Å². The van der Waals surface area contributed by atoms with Crippen molar-refractivity contribution in [2.75, 3.05) is 0 Å². The Labute approximate surface area is 79.7 Å². The van der Waals surface area contributed by atoms with Gasteiger partial charge in [-0.2, -0.15) is 0 Å². The average molecular weight is 176 g/mol. The van der Waals surface area contributed by atoms with E-state index in [1.54, 1.807) is 0 Å². The highest BCUT2D eigenvalue weighted by atomic mass is 16.5. The van der Waals surface area contributed by atoms with Crippen LogP contribution in [0.2, 0.25) is 0 Å². The molecule has 1 fully saturated rings. The average Bonchev–Trinajstić information content (AvgIpc) is 2.19. The molecule has 70 valence electrons. The van der Waals surface area contributed by atoms with E-state index >= 15 is 0 Å². The molecule has 1 nitrogen and oxygen atoms in total. The maximum atomic E-state index is 5.87. The topological polar surface area (TPSA) is 9.23 Å². The van der Waals surface area contributed by atoms with Gasteiger partial charge in [-0.25, -0.2) is 0 Å². The minimum absolute atomic E-state index is 0.338. The lowest BCUT2D eigenvalue weighted by Crippen LogP contribution is -2.19. The van der Waals surface area contributed by atoms with E-state index in [4.69, 9.17) is 4.74 Å². The summed E-state index contributed by atoms with van der Waals surface area (Å²) in [7, 11) is 0. The molecule has 0 radical (unpaired) electrons. The van der Waals surface area contributed by atoms with Crippen LogP contribution in [-0.4, -0.2) is 6.10 Å². The summed E-state index contributed by atoms with van der Waals surface area (Å²) in [6.07, 6.45) is 4.45. The summed E-state index contributed by atoms with van der Waals surface area (Å²) in [4.78, 5) is 0. The van der Waals surface area contributed by atoms with Crippen LogP contribution in [0.4, 0.5) is 0 Å². The van der Waals surface area contributed by atoms with E-state index in [-0.39, 0.29) is 0 Å². The molecule has 0 spiro atoms. The molecule has 1 aliphatic rings. The van der Waals surface area contributed by atoms with Gasteiger partial charge in [-0.1, -0.05) is 30.3 Å². The van der Waals surface area contributed by atoms with Crippen LogP contribution in [0.3, 0.4) is 0 Å². The molecule has 0 aliphatic carbocycles. The summed E-state index contributed by atoms with van der Waals surface area (Å²) in [6, 6.07) is 10.5. The highest BCUT2D eigenvalue weighted by molar-refractivity contribution is 5.17. The number of benzene rings is 1. The molecule has 2 unspecified atom stereocenters. The number of ether oxygens (including phenoxy) is 1. The van der Waals surface area contributed by atoms with Crippen LogP contribution in [0, 0.1) is 0 Å². The highest BCUT2D eigenvalue weighted by Gasteiger charge is 2.19. The summed E-state index contributed by atoms with van der Waals surface area (Å²) in [6.45, 7) is 2.16. The molecule has 2 atom stereocenters. The molecule has 0 amide bonds. The van der Waals surface area contributed by atoms with Gasteiger partial charge in [-0.05, 0) is 31.7 Å². The number of hydrogen-bond donors (Lipinski definition) is 0. The Morgan fingerprint density at radius 3 is 2.62 bits per heavy atom. The lowest BCUT2D eigenvalue weighted by atomic mass is 9.99. The van der Waals surface area contributed by atoms with Gasteiger partial charge >= 0.3 is 0 Å². The second-order valence-corrected chi connectivity index (χ2v) is 3.78. The zero-order valence-corrected chi connectivity index (χ0v) is 8.07. The highest BCUT2D eigenvalue weighted by Crippen LogP contribution is 2.30. The Balaban J connectivity index is 2.08. The van der Waals surface area contributed by atoms with Crippen molar-refractivity contribution in [1.82, 2.24) is 0 Å². The summed E-state index contributed by atoms with van der Waals surface area (Å²) in [5.74, 6) is 0. The van der Waals surface area contributed by atoms with Crippen molar-refractivity contribution in [2.24, 2.45) is 0 Å². The van der Waals surface area contributed by atoms with Crippen molar-refractivity contribution in [3.05, 3.63) is 35.9 Å². The molecule has 0 saturated carbocycles. The van der Waals surface area contributed by atoms with Gasteiger partial charge in [0.05, 0.1) is 12.2 Å². The Kier molecular flexibility index (Phi) is 2.65. The van der Waals surface area contributed by atoms with E-state index in [1.165, 1.54) is 24.8 Å². The number of rotatable bonds is 1. The fraction of sp³-hybridized carbons (Fsp3) is 0.500. The lowest BCUT2D eigenvalue weighted by Gasteiger charge is -2.28. The molecule has 1 saturated heterocycles. The maximum Gasteiger partial charge on any atom is 0.0828 e. The molecular weight excluding hydrogens is 160 g/mol. The third-order valence-corrected chi connectivity index (χ3v) is 2.64. The molecular formula is C12H16O. The van der Waals surface area contributed by atoms with Crippen LogP contribution in [-0.2, 0) is 4.74 Å². The van der Waals surface area contributed by atoms with Crippen LogP contribution in [0.25, 0.3) is 0 Å². The minimum atomic E-state index is 0.338. The van der Waals surface area contributed by atoms with Gasteiger partial charge in [0.1, 0.15) is 0 Å². The van der Waals surface area contributed by atoms with Gasteiger partial charge in [0, 0.05) is 0 Å². The maximum absolute atomic E-state index is 5.87. The van der Waals surface area contributed by atoms with Gasteiger partial charge < -0.3 is 4.74 Å². The van der Waals surface area contributed by atoms with E-state index < -0.39 is 0 Å². The molecule has 0 bridgehead atoms. The van der Waals surface area contributed by atoms with Gasteiger partial charge in [0.2, 0.25) is 0 Å². The first kappa shape index (κ1) is 8.76. The van der Waals surface area contributed by atoms with Crippen LogP contribution >= 0.6 is 0 Å². The second-order valence-electron chi connectivity index (χ2n) is 3.78. The van der Waals surface area contributed by atoms with Crippen molar-refractivity contribution in [1.29, 1.82) is 0 Å². The predicted molar refractivity (Wildman–Crippen MR) is 53.6 cm³/mol. The van der Waals surface area contributed by atoms with E-state index in [1.807, 2.05) is 0 Å². The molecule has 1 aromatic rings. The zero-order valence-electron chi connectivity index (χ0n) is 8.07. The normalized spacial score (nSPS) is 28.7. The standard InChI is InChI=1S/C12H16O/c1-10-6-5-9-12(13-10)11-7-3-2-4-8-11/h2-4,7-8,10,12H,5-6,9H2,1H3. The summed E-state index contributed by atoms with van der Waals surface area (Å²) < 4.78 is 5.87. The molecule has 0 aromatic heterocycles. The lowest BCUT2D eigenvalue weighted by molar-refractivity contribution is -0.0414. The molecule has 1 heteroatoms. The van der Waals surface area contributed by atoms with Crippen molar-refractivity contribution in [3.8, 4) is 0 Å². The van der Waals surface area contributed by atoms with Gasteiger partial charge in [0.15, 0.2) is 0 Å². The smallest absolute Gasteiger partial charge is 0.0828 e. The monoisotopic (exact) mass is 176 g/mol. The van der Waals surface area contributed by atoms with E-state index in [9.17, 15) is 0 Å². The van der Waals surface area contributed by atoms with Crippen LogP contribution in [0.15, 0.2) is 30.3 Å². The van der Waals surface area contributed by atoms with Crippen molar-refractivity contribution in [2.45, 2.75) is 38.4 Å². The van der Waals surface area contributed by atoms with Gasteiger partial charge in [0.25, 0.3) is 0 Å². The first-order valence-corrected chi connectivity index (χ1v) is 5.06. The Bertz CT molecular complexity index is 255. The van der Waals surface area contributed by atoms with Crippen LogP contribution < -0.4 is 0 Å². The van der Waals surface area contributed by atoms with E-state index in [0.29, 0.717) is 12.2 Å². The third kappa shape index (κ3) is 2.10. The molecule has 1 aromatic carbocycles. The first-order valence-electron chi connectivity index (χ1n) is 5.06. The van der Waals surface area contributed by atoms with E-state index in [0.717, 1.165) is 0 Å². The van der Waals surface area contributed by atoms with Gasteiger partial charge in [-0.3, -0.25) is 0 Å². The molecule has 1 heterocycles. The van der Waals surface area contributed by atoms with E-state index in [2.05, 4.69) is 37.3 Å². The van der Waals surface area contributed by atoms with Crippen molar-refractivity contribution < 1.29 is 4.74 Å². The third-order valence-electron chi connectivity index (χ3n) is 2.64. The Morgan fingerprint density at radius 1 is 1.15 bits per heavy atom. The quantitative estimate of drug-likeness (QED) is 0.637. The fourth-order valence-electron chi connectivity index (χ4n) is 1.92. The minimum Gasteiger partial charge on any atom is -0.371 e. The molecule has 1 aliphatic heterocycles. The summed E-state index contributed by atoms with van der Waals surface area (Å²) >= 11 is 0. The second kappa shape index (κ2) is 3.93. The Morgan fingerprint density at radius 2 is 1.92 bits per heavy atom.